The van der Waals surface area contributed by atoms with Crippen molar-refractivity contribution < 1.29 is 19.0 Å². The van der Waals surface area contributed by atoms with Crippen LogP contribution in [0.1, 0.15) is 43.0 Å². The highest BCUT2D eigenvalue weighted by Crippen LogP contribution is 2.43. The van der Waals surface area contributed by atoms with Gasteiger partial charge >= 0.3 is 5.97 Å². The number of methoxy groups -OCH3 is 1. The second kappa shape index (κ2) is 11.8. The molecule has 35 heavy (non-hydrogen) atoms. The number of esters is 1. The van der Waals surface area contributed by atoms with Crippen molar-refractivity contribution in [2.45, 2.75) is 44.8 Å². The molecule has 0 atom stereocenters. The molecule has 0 unspecified atom stereocenters. The highest BCUT2D eigenvalue weighted by atomic mass is 16.5. The lowest BCUT2D eigenvalue weighted by atomic mass is 9.93. The summed E-state index contributed by atoms with van der Waals surface area (Å²) in [5.41, 5.74) is 2.97. The molecule has 1 saturated carbocycles. The number of aliphatic imine (C=N–C) groups is 2. The van der Waals surface area contributed by atoms with Crippen LogP contribution in [0, 0.1) is 0 Å². The van der Waals surface area contributed by atoms with Crippen LogP contribution in [0.25, 0.3) is 0 Å². The van der Waals surface area contributed by atoms with Crippen LogP contribution < -0.4 is 15.0 Å². The van der Waals surface area contributed by atoms with E-state index < -0.39 is 0 Å². The smallest absolute Gasteiger partial charge is 0.338 e. The summed E-state index contributed by atoms with van der Waals surface area (Å²) in [5, 5.41) is 3.44. The number of nitrogens with zero attached hydrogens (tertiary/aromatic N) is 4. The molecule has 0 bridgehead atoms. The molecule has 1 aliphatic heterocycles. The van der Waals surface area contributed by atoms with Gasteiger partial charge in [-0.05, 0) is 57.5 Å². The van der Waals surface area contributed by atoms with Gasteiger partial charge in [-0.3, -0.25) is 9.98 Å². The van der Waals surface area contributed by atoms with E-state index in [4.69, 9.17) is 14.2 Å². The van der Waals surface area contributed by atoms with Gasteiger partial charge in [-0.25, -0.2) is 9.78 Å². The molecule has 0 radical (unpaired) electrons. The van der Waals surface area contributed by atoms with Gasteiger partial charge in [0.25, 0.3) is 0 Å². The number of aromatic nitrogens is 1. The fourth-order valence-corrected chi connectivity index (χ4v) is 4.54. The maximum atomic E-state index is 11.8. The molecule has 1 aromatic carbocycles. The van der Waals surface area contributed by atoms with Gasteiger partial charge in [-0.2, -0.15) is 0 Å². The first-order chi connectivity index (χ1) is 17.1. The molecule has 1 aliphatic carbocycles. The molecule has 2 aliphatic rings. The van der Waals surface area contributed by atoms with Crippen molar-refractivity contribution in [2.24, 2.45) is 9.98 Å². The van der Waals surface area contributed by atoms with Gasteiger partial charge in [0.15, 0.2) is 0 Å². The quantitative estimate of drug-likeness (QED) is 0.438. The van der Waals surface area contributed by atoms with Gasteiger partial charge in [0.1, 0.15) is 17.3 Å². The highest BCUT2D eigenvalue weighted by Gasteiger charge is 2.25. The van der Waals surface area contributed by atoms with E-state index in [1.165, 1.54) is 7.11 Å². The van der Waals surface area contributed by atoms with Crippen LogP contribution in [0.4, 0.5) is 22.9 Å². The average molecular weight is 480 g/mol. The average Bonchev–Trinajstić information content (AvgIpc) is 2.90. The second-order valence-electron chi connectivity index (χ2n) is 8.61. The van der Waals surface area contributed by atoms with Crippen molar-refractivity contribution in [1.82, 2.24) is 4.98 Å². The topological polar surface area (TPSA) is 97.6 Å². The van der Waals surface area contributed by atoms with E-state index in [0.29, 0.717) is 36.0 Å². The summed E-state index contributed by atoms with van der Waals surface area (Å²) in [4.78, 5) is 27.2. The van der Waals surface area contributed by atoms with E-state index in [9.17, 15) is 4.79 Å². The molecule has 4 rings (SSSR count). The minimum Gasteiger partial charge on any atom is -0.488 e. The molecule has 2 aromatic rings. The Morgan fingerprint density at radius 1 is 1.23 bits per heavy atom. The fourth-order valence-electron chi connectivity index (χ4n) is 4.54. The number of ether oxygens (including phenoxy) is 3. The van der Waals surface area contributed by atoms with Crippen LogP contribution in [0.2, 0.25) is 0 Å². The molecule has 1 saturated heterocycles. The molecule has 1 N–H and O–H groups in total. The third-order valence-corrected chi connectivity index (χ3v) is 6.34. The van der Waals surface area contributed by atoms with Crippen LogP contribution in [-0.4, -0.2) is 69.4 Å². The third-order valence-electron chi connectivity index (χ3n) is 6.34. The lowest BCUT2D eigenvalue weighted by Crippen LogP contribution is -2.36. The van der Waals surface area contributed by atoms with Gasteiger partial charge in [0.05, 0.1) is 37.7 Å². The molecular formula is C26H33N5O4. The Balaban J connectivity index is 1.43. The standard InChI is InChI=1S/C26H33N5O4/c1-4-28-22-16-20(31-11-13-34-14-12-31)17-23(25(22)27-2)35-21-7-5-19(6-8-21)30-24-15-18(9-10-29-24)26(32)33-3/h4,9-10,15-17,19,21H,2,5-8,11-14H2,1,3H3,(H,29,30). The summed E-state index contributed by atoms with van der Waals surface area (Å²) in [5.74, 6) is 1.02. The van der Waals surface area contributed by atoms with Crippen molar-refractivity contribution in [1.29, 1.82) is 0 Å². The Labute approximate surface area is 206 Å². The van der Waals surface area contributed by atoms with E-state index >= 15 is 0 Å². The van der Waals surface area contributed by atoms with Crippen molar-refractivity contribution in [3.8, 4) is 5.75 Å². The van der Waals surface area contributed by atoms with Crippen molar-refractivity contribution >= 4 is 41.8 Å². The Morgan fingerprint density at radius 2 is 2.00 bits per heavy atom. The first-order valence-corrected chi connectivity index (χ1v) is 12.0. The Bertz CT molecular complexity index is 1060. The van der Waals surface area contributed by atoms with Crippen LogP contribution >= 0.6 is 0 Å². The number of hydrogen-bond donors (Lipinski definition) is 1. The summed E-state index contributed by atoms with van der Waals surface area (Å²) in [6, 6.07) is 7.72. The predicted octanol–water partition coefficient (Wildman–Crippen LogP) is 4.56. The molecule has 9 nitrogen and oxygen atoms in total. The number of pyridine rings is 1. The normalized spacial score (nSPS) is 20.5. The van der Waals surface area contributed by atoms with Crippen LogP contribution in [-0.2, 0) is 9.47 Å². The van der Waals surface area contributed by atoms with Gasteiger partial charge in [-0.15, -0.1) is 0 Å². The molecule has 186 valence electrons. The predicted molar refractivity (Wildman–Crippen MR) is 138 cm³/mol. The number of nitrogens with one attached hydrogen (secondary N) is 1. The van der Waals surface area contributed by atoms with Gasteiger partial charge in [0.2, 0.25) is 0 Å². The van der Waals surface area contributed by atoms with Crippen molar-refractivity contribution in [3.05, 3.63) is 36.0 Å². The van der Waals surface area contributed by atoms with E-state index in [-0.39, 0.29) is 18.1 Å². The van der Waals surface area contributed by atoms with Gasteiger partial charge < -0.3 is 24.4 Å². The van der Waals surface area contributed by atoms with Crippen LogP contribution in [0.15, 0.2) is 40.4 Å². The van der Waals surface area contributed by atoms with Crippen molar-refractivity contribution in [2.75, 3.05) is 43.6 Å². The lowest BCUT2D eigenvalue weighted by molar-refractivity contribution is 0.0600. The maximum Gasteiger partial charge on any atom is 0.338 e. The van der Waals surface area contributed by atoms with Gasteiger partial charge in [-0.1, -0.05) is 0 Å². The number of hydrogen-bond acceptors (Lipinski definition) is 9. The monoisotopic (exact) mass is 479 g/mol. The highest BCUT2D eigenvalue weighted by molar-refractivity contribution is 5.90. The van der Waals surface area contributed by atoms with Gasteiger partial charge in [0, 0.05) is 43.3 Å². The summed E-state index contributed by atoms with van der Waals surface area (Å²) in [6.07, 6.45) is 7.07. The Kier molecular flexibility index (Phi) is 8.31. The minimum absolute atomic E-state index is 0.0707. The molecular weight excluding hydrogens is 446 g/mol. The number of rotatable bonds is 8. The first kappa shape index (κ1) is 24.7. The summed E-state index contributed by atoms with van der Waals surface area (Å²) in [6.45, 7) is 8.73. The largest absolute Gasteiger partial charge is 0.488 e. The Morgan fingerprint density at radius 3 is 2.69 bits per heavy atom. The minimum atomic E-state index is -0.370. The third kappa shape index (κ3) is 6.16. The van der Waals surface area contributed by atoms with E-state index in [1.54, 1.807) is 24.5 Å². The summed E-state index contributed by atoms with van der Waals surface area (Å²) < 4.78 is 16.8. The molecule has 2 heterocycles. The molecule has 0 amide bonds. The number of morpholine rings is 1. The van der Waals surface area contributed by atoms with E-state index in [1.807, 2.05) is 13.0 Å². The summed E-state index contributed by atoms with van der Waals surface area (Å²) in [7, 11) is 1.37. The van der Waals surface area contributed by atoms with E-state index in [0.717, 1.165) is 50.1 Å². The molecule has 2 fully saturated rings. The lowest BCUT2D eigenvalue weighted by Gasteiger charge is -2.32. The van der Waals surface area contributed by atoms with Crippen molar-refractivity contribution in [3.63, 3.8) is 0 Å². The molecule has 9 heteroatoms. The van der Waals surface area contributed by atoms with Crippen LogP contribution in [0.3, 0.4) is 0 Å². The molecule has 0 spiro atoms. The number of carbonyl (C=O) groups excluding carboxylic acids is 1. The first-order valence-electron chi connectivity index (χ1n) is 12.0. The number of carbonyl (C=O) groups is 1. The van der Waals surface area contributed by atoms with Crippen LogP contribution in [0.5, 0.6) is 5.75 Å². The SMILES string of the molecule is C=Nc1c(N=CC)cc(N2CCOCC2)cc1OC1CCC(Nc2cc(C(=O)OC)ccn2)CC1. The summed E-state index contributed by atoms with van der Waals surface area (Å²) >= 11 is 0. The maximum absolute atomic E-state index is 11.8. The zero-order valence-electron chi connectivity index (χ0n) is 20.4. The zero-order valence-corrected chi connectivity index (χ0v) is 20.4. The van der Waals surface area contributed by atoms with E-state index in [2.05, 4.69) is 38.0 Å². The molecule has 1 aromatic heterocycles. The number of anilines is 2. The second-order valence-corrected chi connectivity index (χ2v) is 8.61. The fraction of sp³-hybridized carbons (Fsp3) is 0.462. The number of benzene rings is 1. The Hall–Kier alpha value is -3.46. The zero-order chi connectivity index (χ0) is 24.6.